The average Bonchev–Trinajstić information content (AvgIpc) is 2.60. The summed E-state index contributed by atoms with van der Waals surface area (Å²) in [4.78, 5) is 8.74. The van der Waals surface area contributed by atoms with Gasteiger partial charge in [-0.3, -0.25) is 9.88 Å². The van der Waals surface area contributed by atoms with Crippen molar-refractivity contribution in [3.05, 3.63) is 52.8 Å². The van der Waals surface area contributed by atoms with Crippen LogP contribution in [0.25, 0.3) is 0 Å². The molecule has 1 aromatic heterocycles. The molecule has 2 rings (SSSR count). The van der Waals surface area contributed by atoms with Crippen LogP contribution in [-0.4, -0.2) is 56.2 Å². The van der Waals surface area contributed by atoms with Crippen LogP contribution < -0.4 is 9.47 Å². The van der Waals surface area contributed by atoms with Gasteiger partial charge >= 0.3 is 0 Å². The van der Waals surface area contributed by atoms with Gasteiger partial charge in [-0.2, -0.15) is 0 Å². The highest BCUT2D eigenvalue weighted by Gasteiger charge is 2.16. The summed E-state index contributed by atoms with van der Waals surface area (Å²) in [6.45, 7) is 3.39. The van der Waals surface area contributed by atoms with Crippen molar-refractivity contribution in [2.24, 2.45) is 0 Å². The van der Waals surface area contributed by atoms with Crippen LogP contribution in [-0.2, 0) is 13.1 Å². The van der Waals surface area contributed by atoms with E-state index in [1.54, 1.807) is 26.5 Å². The van der Waals surface area contributed by atoms with Crippen LogP contribution in [0.4, 0.5) is 0 Å². The van der Waals surface area contributed by atoms with Crippen LogP contribution in [0.1, 0.15) is 11.1 Å². The Balaban J connectivity index is 2.24. The first-order valence-corrected chi connectivity index (χ1v) is 8.57. The SMILES string of the molecule is COc1cc(Cl)cc(CN(CCN(C)C)Cc2cccnc2)c1OC. The Hall–Kier alpha value is -1.82. The van der Waals surface area contributed by atoms with Gasteiger partial charge in [-0.15, -0.1) is 0 Å². The van der Waals surface area contributed by atoms with Crippen molar-refractivity contribution in [1.29, 1.82) is 0 Å². The van der Waals surface area contributed by atoms with Crippen LogP contribution in [0.5, 0.6) is 11.5 Å². The molecule has 25 heavy (non-hydrogen) atoms. The average molecular weight is 364 g/mol. The molecule has 0 saturated carbocycles. The zero-order valence-corrected chi connectivity index (χ0v) is 16.1. The molecular formula is C19H26ClN3O2. The molecular weight excluding hydrogens is 338 g/mol. The van der Waals surface area contributed by atoms with Gasteiger partial charge in [0.25, 0.3) is 0 Å². The van der Waals surface area contributed by atoms with Crippen molar-refractivity contribution in [2.75, 3.05) is 41.4 Å². The first-order valence-electron chi connectivity index (χ1n) is 8.20. The minimum absolute atomic E-state index is 0.640. The molecule has 0 fully saturated rings. The topological polar surface area (TPSA) is 37.8 Å². The van der Waals surface area contributed by atoms with E-state index in [9.17, 15) is 0 Å². The third-order valence-corrected chi connectivity index (χ3v) is 4.13. The maximum atomic E-state index is 6.26. The molecule has 6 heteroatoms. The minimum Gasteiger partial charge on any atom is -0.493 e. The molecule has 0 saturated heterocycles. The van der Waals surface area contributed by atoms with Crippen LogP contribution in [0.2, 0.25) is 5.02 Å². The van der Waals surface area contributed by atoms with Crippen molar-refractivity contribution < 1.29 is 9.47 Å². The first-order chi connectivity index (χ1) is 12.0. The van der Waals surface area contributed by atoms with Crippen molar-refractivity contribution in [3.8, 4) is 11.5 Å². The standard InChI is InChI=1S/C19H26ClN3O2/c1-22(2)8-9-23(13-15-6-5-7-21-12-15)14-16-10-17(20)11-18(24-3)19(16)25-4/h5-7,10-12H,8-9,13-14H2,1-4H3. The molecule has 0 bridgehead atoms. The molecule has 0 radical (unpaired) electrons. The summed E-state index contributed by atoms with van der Waals surface area (Å²) in [7, 11) is 7.43. The summed E-state index contributed by atoms with van der Waals surface area (Å²) in [5, 5.41) is 0.640. The van der Waals surface area contributed by atoms with E-state index in [4.69, 9.17) is 21.1 Å². The molecule has 5 nitrogen and oxygen atoms in total. The van der Waals surface area contributed by atoms with Gasteiger partial charge in [0.2, 0.25) is 0 Å². The number of rotatable bonds is 9. The van der Waals surface area contributed by atoms with E-state index in [-0.39, 0.29) is 0 Å². The lowest BCUT2D eigenvalue weighted by Gasteiger charge is -2.25. The normalized spacial score (nSPS) is 11.2. The fraction of sp³-hybridized carbons (Fsp3) is 0.421. The van der Waals surface area contributed by atoms with Gasteiger partial charge in [-0.05, 0) is 31.8 Å². The Morgan fingerprint density at radius 2 is 1.88 bits per heavy atom. The van der Waals surface area contributed by atoms with E-state index < -0.39 is 0 Å². The molecule has 0 N–H and O–H groups in total. The third-order valence-electron chi connectivity index (χ3n) is 3.91. The second-order valence-corrected chi connectivity index (χ2v) is 6.61. The molecule has 0 spiro atoms. The van der Waals surface area contributed by atoms with Crippen LogP contribution in [0, 0.1) is 0 Å². The highest BCUT2D eigenvalue weighted by Crippen LogP contribution is 2.35. The summed E-state index contributed by atoms with van der Waals surface area (Å²) in [5.74, 6) is 1.38. The Morgan fingerprint density at radius 3 is 2.48 bits per heavy atom. The second kappa shape index (κ2) is 9.61. The smallest absolute Gasteiger partial charge is 0.165 e. The summed E-state index contributed by atoms with van der Waals surface area (Å²) < 4.78 is 11.0. The fourth-order valence-electron chi connectivity index (χ4n) is 2.67. The number of hydrogen-bond donors (Lipinski definition) is 0. The summed E-state index contributed by atoms with van der Waals surface area (Å²) >= 11 is 6.26. The Labute approximate surface area is 155 Å². The first kappa shape index (κ1) is 19.5. The predicted octanol–water partition coefficient (Wildman–Crippen LogP) is 3.32. The number of ether oxygens (including phenoxy) is 2. The van der Waals surface area contributed by atoms with Gasteiger partial charge in [0.1, 0.15) is 0 Å². The zero-order chi connectivity index (χ0) is 18.2. The van der Waals surface area contributed by atoms with E-state index >= 15 is 0 Å². The lowest BCUT2D eigenvalue weighted by atomic mass is 10.1. The van der Waals surface area contributed by atoms with E-state index in [1.807, 2.05) is 18.3 Å². The molecule has 0 aliphatic heterocycles. The third kappa shape index (κ3) is 5.88. The number of pyridine rings is 1. The maximum absolute atomic E-state index is 6.26. The Bertz CT molecular complexity index is 665. The quantitative estimate of drug-likeness (QED) is 0.683. The number of halogens is 1. The van der Waals surface area contributed by atoms with E-state index in [0.717, 1.165) is 30.9 Å². The monoisotopic (exact) mass is 363 g/mol. The number of hydrogen-bond acceptors (Lipinski definition) is 5. The van der Waals surface area contributed by atoms with Crippen molar-refractivity contribution in [3.63, 3.8) is 0 Å². The Kier molecular flexibility index (Phi) is 7.50. The Morgan fingerprint density at radius 1 is 1.08 bits per heavy atom. The van der Waals surface area contributed by atoms with Crippen LogP contribution in [0.15, 0.2) is 36.7 Å². The molecule has 0 unspecified atom stereocenters. The summed E-state index contributed by atoms with van der Waals surface area (Å²) in [5.41, 5.74) is 2.18. The van der Waals surface area contributed by atoms with Gasteiger partial charge in [0.15, 0.2) is 11.5 Å². The summed E-state index contributed by atoms with van der Waals surface area (Å²) in [6.07, 6.45) is 3.69. The number of methoxy groups -OCH3 is 2. The molecule has 1 heterocycles. The lowest BCUT2D eigenvalue weighted by molar-refractivity contribution is 0.222. The van der Waals surface area contributed by atoms with E-state index in [2.05, 4.69) is 34.9 Å². The molecule has 0 aliphatic carbocycles. The number of nitrogens with zero attached hydrogens (tertiary/aromatic N) is 3. The van der Waals surface area contributed by atoms with Crippen LogP contribution in [0.3, 0.4) is 0 Å². The number of benzene rings is 1. The minimum atomic E-state index is 0.640. The maximum Gasteiger partial charge on any atom is 0.165 e. The molecule has 0 atom stereocenters. The van der Waals surface area contributed by atoms with Crippen molar-refractivity contribution >= 4 is 11.6 Å². The predicted molar refractivity (Wildman–Crippen MR) is 101 cm³/mol. The van der Waals surface area contributed by atoms with Gasteiger partial charge in [0.05, 0.1) is 14.2 Å². The molecule has 1 aromatic carbocycles. The van der Waals surface area contributed by atoms with Gasteiger partial charge in [0, 0.05) is 55.2 Å². The van der Waals surface area contributed by atoms with Crippen molar-refractivity contribution in [2.45, 2.75) is 13.1 Å². The molecule has 2 aromatic rings. The number of likely N-dealkylation sites (N-methyl/N-ethyl adjacent to an activating group) is 1. The molecule has 136 valence electrons. The zero-order valence-electron chi connectivity index (χ0n) is 15.3. The van der Waals surface area contributed by atoms with Crippen molar-refractivity contribution in [1.82, 2.24) is 14.8 Å². The largest absolute Gasteiger partial charge is 0.493 e. The molecule has 0 amide bonds. The lowest BCUT2D eigenvalue weighted by Crippen LogP contribution is -2.31. The van der Waals surface area contributed by atoms with Gasteiger partial charge in [-0.1, -0.05) is 17.7 Å². The van der Waals surface area contributed by atoms with Gasteiger partial charge < -0.3 is 14.4 Å². The summed E-state index contributed by atoms with van der Waals surface area (Å²) in [6, 6.07) is 7.76. The van der Waals surface area contributed by atoms with E-state index in [0.29, 0.717) is 17.3 Å². The highest BCUT2D eigenvalue weighted by molar-refractivity contribution is 6.30. The van der Waals surface area contributed by atoms with E-state index in [1.165, 1.54) is 5.56 Å². The fourth-order valence-corrected chi connectivity index (χ4v) is 2.90. The second-order valence-electron chi connectivity index (χ2n) is 6.18. The molecule has 0 aliphatic rings. The highest BCUT2D eigenvalue weighted by atomic mass is 35.5. The van der Waals surface area contributed by atoms with Crippen LogP contribution >= 0.6 is 11.6 Å². The van der Waals surface area contributed by atoms with Gasteiger partial charge in [-0.25, -0.2) is 0 Å². The number of aromatic nitrogens is 1.